The minimum Gasteiger partial charge on any atom is -0.748 e. The van der Waals surface area contributed by atoms with Gasteiger partial charge in [-0.05, 0) is 0 Å². The molecular weight excluding hydrogens is 294 g/mol. The zero-order valence-electron chi connectivity index (χ0n) is 11.1. The van der Waals surface area contributed by atoms with Crippen molar-refractivity contribution in [3.05, 3.63) is 0 Å². The van der Waals surface area contributed by atoms with Crippen LogP contribution in [0.25, 0.3) is 0 Å². The third-order valence-corrected chi connectivity index (χ3v) is 5.36. The molecule has 3 unspecified atom stereocenters. The van der Waals surface area contributed by atoms with E-state index in [2.05, 4.69) is 0 Å². The Morgan fingerprint density at radius 2 is 1.84 bits per heavy atom. The standard InChI is InChI=1S/C10H21NO6S2/c1-9-6-11(2,4-3-5-18(12,13)14)7-10(9)8-19(15,16)17/h9-10H,3-8H2,1-2H3,(H-,12,13,14,15,16,17). The maximum Gasteiger partial charge on any atom is 0.265 e. The highest BCUT2D eigenvalue weighted by molar-refractivity contribution is 7.85. The van der Waals surface area contributed by atoms with Gasteiger partial charge in [0.2, 0.25) is 0 Å². The van der Waals surface area contributed by atoms with Gasteiger partial charge in [0.05, 0.1) is 42.6 Å². The van der Waals surface area contributed by atoms with Crippen molar-refractivity contribution >= 4 is 20.2 Å². The maximum absolute atomic E-state index is 10.9. The molecule has 0 spiro atoms. The van der Waals surface area contributed by atoms with Crippen LogP contribution in [0.3, 0.4) is 0 Å². The Bertz CT molecular complexity index is 514. The first-order chi connectivity index (χ1) is 8.40. The van der Waals surface area contributed by atoms with Crippen molar-refractivity contribution in [1.82, 2.24) is 0 Å². The Kier molecular flexibility index (Phi) is 5.00. The average molecular weight is 315 g/mol. The molecule has 0 aromatic heterocycles. The van der Waals surface area contributed by atoms with Crippen molar-refractivity contribution < 1.29 is 30.4 Å². The summed E-state index contributed by atoms with van der Waals surface area (Å²) in [5.41, 5.74) is 0. The van der Waals surface area contributed by atoms with Gasteiger partial charge in [-0.25, -0.2) is 8.42 Å². The summed E-state index contributed by atoms with van der Waals surface area (Å²) in [5, 5.41) is 0. The lowest BCUT2D eigenvalue weighted by Crippen LogP contribution is -2.43. The Morgan fingerprint density at radius 1 is 1.26 bits per heavy atom. The fourth-order valence-corrected chi connectivity index (χ4v) is 4.42. The molecular formula is C10H21NO6S2. The number of quaternary nitrogens is 1. The van der Waals surface area contributed by atoms with Gasteiger partial charge in [0.25, 0.3) is 10.1 Å². The average Bonchev–Trinajstić information content (AvgIpc) is 2.36. The summed E-state index contributed by atoms with van der Waals surface area (Å²) < 4.78 is 62.9. The van der Waals surface area contributed by atoms with Crippen LogP contribution in [0.2, 0.25) is 0 Å². The van der Waals surface area contributed by atoms with Gasteiger partial charge in [-0.15, -0.1) is 0 Å². The molecule has 1 saturated heterocycles. The fourth-order valence-electron chi connectivity index (χ4n) is 2.96. The van der Waals surface area contributed by atoms with E-state index in [0.29, 0.717) is 17.6 Å². The van der Waals surface area contributed by atoms with Crippen molar-refractivity contribution in [1.29, 1.82) is 0 Å². The smallest absolute Gasteiger partial charge is 0.265 e. The summed E-state index contributed by atoms with van der Waals surface area (Å²) in [6.07, 6.45) is 0.271. The Hall–Kier alpha value is -0.220. The molecule has 0 aromatic rings. The van der Waals surface area contributed by atoms with Crippen LogP contribution < -0.4 is 0 Å². The zero-order valence-corrected chi connectivity index (χ0v) is 12.8. The highest BCUT2D eigenvalue weighted by Crippen LogP contribution is 2.29. The van der Waals surface area contributed by atoms with Crippen LogP contribution in [0, 0.1) is 11.8 Å². The van der Waals surface area contributed by atoms with Gasteiger partial charge in [-0.1, -0.05) is 6.92 Å². The molecule has 0 aromatic carbocycles. The number of hydrogen-bond donors (Lipinski definition) is 1. The van der Waals surface area contributed by atoms with Crippen LogP contribution in [-0.4, -0.2) is 68.6 Å². The van der Waals surface area contributed by atoms with Gasteiger partial charge in [-0.2, -0.15) is 8.42 Å². The molecule has 0 radical (unpaired) electrons. The lowest BCUT2D eigenvalue weighted by Gasteiger charge is -2.30. The van der Waals surface area contributed by atoms with Gasteiger partial charge >= 0.3 is 0 Å². The fraction of sp³-hybridized carbons (Fsp3) is 1.00. The number of hydrogen-bond acceptors (Lipinski definition) is 5. The minimum absolute atomic E-state index is 0.135. The van der Waals surface area contributed by atoms with E-state index in [4.69, 9.17) is 4.55 Å². The van der Waals surface area contributed by atoms with Crippen molar-refractivity contribution in [2.24, 2.45) is 11.8 Å². The molecule has 1 rings (SSSR count). The number of rotatable bonds is 6. The molecule has 1 N–H and O–H groups in total. The Balaban J connectivity index is 2.56. The molecule has 114 valence electrons. The molecule has 0 amide bonds. The lowest BCUT2D eigenvalue weighted by atomic mass is 10.0. The first-order valence-electron chi connectivity index (χ1n) is 6.12. The Labute approximate surface area is 114 Å². The monoisotopic (exact) mass is 315 g/mol. The van der Waals surface area contributed by atoms with E-state index in [9.17, 15) is 21.4 Å². The first kappa shape index (κ1) is 16.8. The van der Waals surface area contributed by atoms with Crippen LogP contribution >= 0.6 is 0 Å². The molecule has 19 heavy (non-hydrogen) atoms. The number of likely N-dealkylation sites (tertiary alicyclic amines) is 1. The van der Waals surface area contributed by atoms with Gasteiger partial charge in [0.15, 0.2) is 0 Å². The third kappa shape index (κ3) is 6.17. The Morgan fingerprint density at radius 3 is 2.32 bits per heavy atom. The van der Waals surface area contributed by atoms with Crippen LogP contribution in [-0.2, 0) is 20.2 Å². The summed E-state index contributed by atoms with van der Waals surface area (Å²) >= 11 is 0. The first-order valence-corrected chi connectivity index (χ1v) is 9.31. The highest BCUT2D eigenvalue weighted by Gasteiger charge is 2.41. The second-order valence-corrected chi connectivity index (χ2v) is 8.83. The molecule has 1 fully saturated rings. The van der Waals surface area contributed by atoms with E-state index >= 15 is 0 Å². The molecule has 1 heterocycles. The zero-order chi connectivity index (χ0) is 14.9. The van der Waals surface area contributed by atoms with Crippen molar-refractivity contribution in [3.8, 4) is 0 Å². The molecule has 0 saturated carbocycles. The van der Waals surface area contributed by atoms with Gasteiger partial charge < -0.3 is 9.04 Å². The van der Waals surface area contributed by atoms with E-state index < -0.39 is 26.0 Å². The summed E-state index contributed by atoms with van der Waals surface area (Å²) in [6.45, 7) is 3.73. The minimum atomic E-state index is -4.19. The van der Waals surface area contributed by atoms with E-state index in [0.717, 1.165) is 6.54 Å². The van der Waals surface area contributed by atoms with E-state index in [1.807, 2.05) is 14.0 Å². The quantitative estimate of drug-likeness (QED) is 0.523. The van der Waals surface area contributed by atoms with Crippen LogP contribution in [0.5, 0.6) is 0 Å². The van der Waals surface area contributed by atoms with Crippen LogP contribution in [0.1, 0.15) is 13.3 Å². The van der Waals surface area contributed by atoms with Gasteiger partial charge in [0.1, 0.15) is 0 Å². The van der Waals surface area contributed by atoms with Crippen molar-refractivity contribution in [3.63, 3.8) is 0 Å². The van der Waals surface area contributed by atoms with Gasteiger partial charge in [-0.3, -0.25) is 4.55 Å². The molecule has 9 heteroatoms. The second-order valence-electron chi connectivity index (χ2n) is 5.81. The van der Waals surface area contributed by atoms with Crippen molar-refractivity contribution in [2.45, 2.75) is 13.3 Å². The summed E-state index contributed by atoms with van der Waals surface area (Å²) in [6, 6.07) is 0. The maximum atomic E-state index is 10.9. The van der Waals surface area contributed by atoms with E-state index in [1.165, 1.54) is 0 Å². The third-order valence-electron chi connectivity index (χ3n) is 3.73. The van der Waals surface area contributed by atoms with Crippen LogP contribution in [0.15, 0.2) is 0 Å². The SMILES string of the molecule is CC1C[N+](C)(CCCS(=O)(=O)[O-])CC1CS(=O)(=O)O. The summed E-state index contributed by atoms with van der Waals surface area (Å²) in [4.78, 5) is 0. The van der Waals surface area contributed by atoms with Crippen molar-refractivity contribution in [2.75, 3.05) is 38.2 Å². The molecule has 0 bridgehead atoms. The molecule has 1 aliphatic heterocycles. The van der Waals surface area contributed by atoms with Crippen LogP contribution in [0.4, 0.5) is 0 Å². The van der Waals surface area contributed by atoms with E-state index in [-0.39, 0.29) is 24.0 Å². The predicted octanol–water partition coefficient (Wildman–Crippen LogP) is -0.478. The normalized spacial score (nSPS) is 32.6. The van der Waals surface area contributed by atoms with E-state index in [1.54, 1.807) is 0 Å². The summed E-state index contributed by atoms with van der Waals surface area (Å²) in [7, 11) is -6.27. The molecule has 0 aliphatic carbocycles. The number of nitrogens with zero attached hydrogens (tertiary/aromatic N) is 1. The lowest BCUT2D eigenvalue weighted by molar-refractivity contribution is -0.900. The largest absolute Gasteiger partial charge is 0.748 e. The molecule has 7 nitrogen and oxygen atoms in total. The summed E-state index contributed by atoms with van der Waals surface area (Å²) in [5.74, 6) is -0.653. The predicted molar refractivity (Wildman–Crippen MR) is 69.0 cm³/mol. The molecule has 1 aliphatic rings. The molecule has 3 atom stereocenters. The second kappa shape index (κ2) is 5.65. The highest BCUT2D eigenvalue weighted by atomic mass is 32.2. The topological polar surface area (TPSA) is 112 Å². The van der Waals surface area contributed by atoms with Gasteiger partial charge in [0, 0.05) is 24.0 Å².